The molecule has 0 aliphatic heterocycles. The number of hydrogen-bond donors (Lipinski definition) is 2. The predicted octanol–water partition coefficient (Wildman–Crippen LogP) is 4.57. The topological polar surface area (TPSA) is 72.6 Å². The molecule has 1 aromatic carbocycles. The Morgan fingerprint density at radius 1 is 1.06 bits per heavy atom. The highest BCUT2D eigenvalue weighted by Crippen LogP contribution is 2.38. The van der Waals surface area contributed by atoms with Crippen LogP contribution in [0.5, 0.6) is 0 Å². The van der Waals surface area contributed by atoms with Gasteiger partial charge in [-0.3, -0.25) is 0 Å². The van der Waals surface area contributed by atoms with Crippen LogP contribution < -0.4 is 10.6 Å². The normalized spacial score (nSPS) is 18.0. The highest BCUT2D eigenvalue weighted by atomic mass is 32.2. The van der Waals surface area contributed by atoms with Crippen LogP contribution in [0.15, 0.2) is 61.3 Å². The summed E-state index contributed by atoms with van der Waals surface area (Å²) in [7, 11) is 0. The molecule has 4 aromatic rings. The summed E-state index contributed by atoms with van der Waals surface area (Å²) in [5.74, 6) is 0.712. The Morgan fingerprint density at radius 3 is 2.80 bits per heavy atom. The van der Waals surface area contributed by atoms with Crippen molar-refractivity contribution in [3.05, 3.63) is 66.9 Å². The second-order valence-electron chi connectivity index (χ2n) is 9.37. The molecule has 1 unspecified atom stereocenters. The highest BCUT2D eigenvalue weighted by Gasteiger charge is 2.28. The van der Waals surface area contributed by atoms with Gasteiger partial charge in [0, 0.05) is 41.8 Å². The molecule has 0 bridgehead atoms. The predicted molar refractivity (Wildman–Crippen MR) is 145 cm³/mol. The van der Waals surface area contributed by atoms with E-state index in [0.717, 1.165) is 61.3 Å². The molecule has 184 valence electrons. The van der Waals surface area contributed by atoms with Gasteiger partial charge >= 0.3 is 0 Å². The van der Waals surface area contributed by atoms with Gasteiger partial charge in [0.1, 0.15) is 12.0 Å². The summed E-state index contributed by atoms with van der Waals surface area (Å²) in [6, 6.07) is 13.2. The van der Waals surface area contributed by atoms with Crippen LogP contribution >= 0.6 is 11.9 Å². The number of aromatic nitrogens is 5. The lowest BCUT2D eigenvalue weighted by Crippen LogP contribution is -2.26. The minimum atomic E-state index is 0.482. The Labute approximate surface area is 211 Å². The first-order valence-electron chi connectivity index (χ1n) is 12.7. The largest absolute Gasteiger partial charge is 0.329 e. The minimum Gasteiger partial charge on any atom is -0.329 e. The van der Waals surface area contributed by atoms with Gasteiger partial charge in [0.05, 0.1) is 5.69 Å². The first-order chi connectivity index (χ1) is 17.3. The van der Waals surface area contributed by atoms with Crippen LogP contribution in [0.4, 0.5) is 0 Å². The number of benzene rings is 1. The first kappa shape index (κ1) is 24.0. The van der Waals surface area contributed by atoms with E-state index >= 15 is 0 Å². The Balaban J connectivity index is 1.08. The van der Waals surface area contributed by atoms with E-state index in [9.17, 15) is 0 Å². The zero-order valence-corrected chi connectivity index (χ0v) is 21.3. The third-order valence-corrected chi connectivity index (χ3v) is 7.58. The van der Waals surface area contributed by atoms with Crippen LogP contribution in [0, 0.1) is 5.92 Å². The van der Waals surface area contributed by atoms with E-state index in [4.69, 9.17) is 5.10 Å². The van der Waals surface area contributed by atoms with Crippen LogP contribution in [-0.2, 0) is 6.42 Å². The molecule has 2 atom stereocenters. The summed E-state index contributed by atoms with van der Waals surface area (Å²) < 4.78 is 4.26. The Bertz CT molecular complexity index is 1200. The molecule has 5 rings (SSSR count). The number of nitrogens with zero attached hydrogens (tertiary/aromatic N) is 5. The van der Waals surface area contributed by atoms with Gasteiger partial charge in [0.2, 0.25) is 0 Å². The van der Waals surface area contributed by atoms with Crippen molar-refractivity contribution in [2.75, 3.05) is 32.4 Å². The van der Waals surface area contributed by atoms with Gasteiger partial charge in [0.25, 0.3) is 0 Å². The standard InChI is InChI=1S/C27H35N7S/c1-35-34-15-11-26(32-34)25-19-33(27-24(25)18-30-20-31-27)23-9-8-22(16-23)17-29-13-5-12-28-14-10-21-6-3-2-4-7-21/h2-4,6-7,11,15,18-20,22-23,28-29H,5,8-10,12-14,16-17H2,1H3/t22?,23-/m0/s1. The molecule has 1 fully saturated rings. The molecule has 1 aliphatic rings. The monoisotopic (exact) mass is 489 g/mol. The van der Waals surface area contributed by atoms with Gasteiger partial charge in [-0.05, 0) is 87.8 Å². The lowest BCUT2D eigenvalue weighted by Gasteiger charge is -2.15. The summed E-state index contributed by atoms with van der Waals surface area (Å²) in [6.07, 6.45) is 15.8. The fourth-order valence-electron chi connectivity index (χ4n) is 5.16. The molecule has 3 aromatic heterocycles. The van der Waals surface area contributed by atoms with Gasteiger partial charge in [0.15, 0.2) is 0 Å². The molecule has 1 saturated carbocycles. The van der Waals surface area contributed by atoms with Crippen molar-refractivity contribution in [1.82, 2.24) is 34.4 Å². The SMILES string of the molecule is CSn1ccc(-c2cn([C@H]3CCC(CNCCCNCCc4ccccc4)C3)c3ncncc23)n1. The summed E-state index contributed by atoms with van der Waals surface area (Å²) in [5, 5.41) is 13.0. The van der Waals surface area contributed by atoms with Gasteiger partial charge < -0.3 is 15.2 Å². The first-order valence-corrected chi connectivity index (χ1v) is 13.9. The summed E-state index contributed by atoms with van der Waals surface area (Å²) in [5.41, 5.74) is 4.52. The fraction of sp³-hybridized carbons (Fsp3) is 0.444. The summed E-state index contributed by atoms with van der Waals surface area (Å²) in [6.45, 7) is 4.28. The van der Waals surface area contributed by atoms with E-state index < -0.39 is 0 Å². The maximum absolute atomic E-state index is 4.69. The van der Waals surface area contributed by atoms with Gasteiger partial charge in [-0.2, -0.15) is 5.10 Å². The van der Waals surface area contributed by atoms with E-state index in [0.29, 0.717) is 12.0 Å². The van der Waals surface area contributed by atoms with Crippen molar-refractivity contribution < 1.29 is 0 Å². The Hall–Kier alpha value is -2.68. The van der Waals surface area contributed by atoms with Crippen LogP contribution in [0.2, 0.25) is 0 Å². The van der Waals surface area contributed by atoms with E-state index in [2.05, 4.69) is 67.8 Å². The Kier molecular flexibility index (Phi) is 8.13. The average molecular weight is 490 g/mol. The molecule has 2 N–H and O–H groups in total. The van der Waals surface area contributed by atoms with E-state index in [1.165, 1.54) is 24.8 Å². The van der Waals surface area contributed by atoms with E-state index in [-0.39, 0.29) is 0 Å². The van der Waals surface area contributed by atoms with Gasteiger partial charge in [-0.1, -0.05) is 30.3 Å². The molecule has 7 nitrogen and oxygen atoms in total. The number of rotatable bonds is 12. The second-order valence-corrected chi connectivity index (χ2v) is 10.1. The average Bonchev–Trinajstić information content (AvgIpc) is 3.64. The van der Waals surface area contributed by atoms with Crippen molar-refractivity contribution in [1.29, 1.82) is 0 Å². The van der Waals surface area contributed by atoms with Crippen molar-refractivity contribution in [3.8, 4) is 11.3 Å². The second kappa shape index (κ2) is 11.8. The van der Waals surface area contributed by atoms with Crippen molar-refractivity contribution in [3.63, 3.8) is 0 Å². The molecular formula is C27H35N7S. The summed E-state index contributed by atoms with van der Waals surface area (Å²) in [4.78, 5) is 8.94. The smallest absolute Gasteiger partial charge is 0.144 e. The summed E-state index contributed by atoms with van der Waals surface area (Å²) >= 11 is 1.59. The molecular weight excluding hydrogens is 454 g/mol. The third-order valence-electron chi connectivity index (χ3n) is 7.00. The van der Waals surface area contributed by atoms with Crippen LogP contribution in [0.1, 0.15) is 37.3 Å². The van der Waals surface area contributed by atoms with Gasteiger partial charge in [-0.15, -0.1) is 0 Å². The Morgan fingerprint density at radius 2 is 1.94 bits per heavy atom. The van der Waals surface area contributed by atoms with Crippen molar-refractivity contribution >= 4 is 23.0 Å². The zero-order valence-electron chi connectivity index (χ0n) is 20.4. The molecule has 35 heavy (non-hydrogen) atoms. The zero-order chi connectivity index (χ0) is 23.9. The molecule has 0 saturated heterocycles. The molecule has 0 radical (unpaired) electrons. The molecule has 0 amide bonds. The number of fused-ring (bicyclic) bond motifs is 1. The maximum Gasteiger partial charge on any atom is 0.144 e. The maximum atomic E-state index is 4.69. The molecule has 1 aliphatic carbocycles. The minimum absolute atomic E-state index is 0.482. The van der Waals surface area contributed by atoms with Crippen molar-refractivity contribution in [2.24, 2.45) is 5.92 Å². The van der Waals surface area contributed by atoms with Crippen LogP contribution in [0.25, 0.3) is 22.3 Å². The van der Waals surface area contributed by atoms with Gasteiger partial charge in [-0.25, -0.2) is 14.1 Å². The number of nitrogens with one attached hydrogen (secondary N) is 2. The lowest BCUT2D eigenvalue weighted by molar-refractivity contribution is 0.452. The van der Waals surface area contributed by atoms with Crippen molar-refractivity contribution in [2.45, 2.75) is 38.1 Å². The fourth-order valence-corrected chi connectivity index (χ4v) is 5.51. The van der Waals surface area contributed by atoms with Crippen LogP contribution in [-0.4, -0.2) is 56.2 Å². The lowest BCUT2D eigenvalue weighted by atomic mass is 10.1. The van der Waals surface area contributed by atoms with E-state index in [1.54, 1.807) is 18.3 Å². The molecule has 3 heterocycles. The van der Waals surface area contributed by atoms with E-state index in [1.807, 2.05) is 22.7 Å². The third kappa shape index (κ3) is 5.94. The molecule has 0 spiro atoms. The molecule has 8 heteroatoms. The van der Waals surface area contributed by atoms with Crippen LogP contribution in [0.3, 0.4) is 0 Å². The quantitative estimate of drug-likeness (QED) is 0.284. The highest BCUT2D eigenvalue weighted by molar-refractivity contribution is 7.97. The number of hydrogen-bond acceptors (Lipinski definition) is 6.